The van der Waals surface area contributed by atoms with E-state index in [-0.39, 0.29) is 0 Å². The lowest BCUT2D eigenvalue weighted by Gasteiger charge is -2.27. The molecule has 0 rings (SSSR count). The molecule has 0 bridgehead atoms. The van der Waals surface area contributed by atoms with Crippen molar-refractivity contribution in [2.24, 2.45) is 5.41 Å². The van der Waals surface area contributed by atoms with E-state index < -0.39 is 41.8 Å². The van der Waals surface area contributed by atoms with Crippen molar-refractivity contribution in [3.05, 3.63) is 0 Å². The Bertz CT molecular complexity index is 311. The molecule has 0 spiro atoms. The van der Waals surface area contributed by atoms with Gasteiger partial charge in [0.2, 0.25) is 0 Å². The van der Waals surface area contributed by atoms with E-state index >= 15 is 0 Å². The molecule has 0 aromatic carbocycles. The van der Waals surface area contributed by atoms with Gasteiger partial charge >= 0.3 is 5.97 Å². The maximum absolute atomic E-state index is 11.5. The van der Waals surface area contributed by atoms with Gasteiger partial charge in [0.05, 0.1) is 6.61 Å². The van der Waals surface area contributed by atoms with Crippen LogP contribution in [0.15, 0.2) is 0 Å². The van der Waals surface area contributed by atoms with Gasteiger partial charge in [-0.1, -0.05) is 13.8 Å². The zero-order valence-electron chi connectivity index (χ0n) is 9.93. The molecule has 0 heterocycles. The predicted octanol–water partition coefficient (Wildman–Crippen LogP) is -1.48. The Labute approximate surface area is 98.4 Å². The summed E-state index contributed by atoms with van der Waals surface area (Å²) in [5, 5.41) is 29.1. The van der Waals surface area contributed by atoms with E-state index in [9.17, 15) is 19.5 Å². The molecule has 7 nitrogen and oxygen atoms in total. The number of aliphatic hydroxyl groups is 2. The van der Waals surface area contributed by atoms with Crippen molar-refractivity contribution < 1.29 is 29.7 Å². The second-order valence-corrected chi connectivity index (χ2v) is 4.44. The lowest BCUT2D eigenvalue weighted by molar-refractivity contribution is -0.149. The molecular weight excluding hydrogens is 230 g/mol. The summed E-state index contributed by atoms with van der Waals surface area (Å²) < 4.78 is 0. The van der Waals surface area contributed by atoms with Crippen LogP contribution in [-0.4, -0.2) is 51.7 Å². The molecule has 17 heavy (non-hydrogen) atoms. The molecule has 0 radical (unpaired) electrons. The van der Waals surface area contributed by atoms with Crippen LogP contribution < -0.4 is 5.32 Å². The van der Waals surface area contributed by atoms with Crippen molar-refractivity contribution in [2.75, 3.05) is 6.61 Å². The van der Waals surface area contributed by atoms with Gasteiger partial charge < -0.3 is 20.6 Å². The van der Waals surface area contributed by atoms with Crippen molar-refractivity contribution in [3.8, 4) is 0 Å². The summed E-state index contributed by atoms with van der Waals surface area (Å²) in [7, 11) is 0. The molecule has 1 amide bonds. The summed E-state index contributed by atoms with van der Waals surface area (Å²) in [6.07, 6.45) is -1.60. The average Bonchev–Trinajstić information content (AvgIpc) is 2.23. The molecule has 0 saturated heterocycles. The standard InChI is InChI=1S/C10H17NO6/c1-5(13)6(9(16)17)11-8(15)7(14)10(2,3)4-12/h6-7,12,14H,4H2,1-3H3,(H,11,15)(H,16,17)/t6?,7-/m0/s1. The van der Waals surface area contributed by atoms with Crippen LogP contribution in [0.5, 0.6) is 0 Å². The van der Waals surface area contributed by atoms with E-state index in [2.05, 4.69) is 0 Å². The normalized spacial score (nSPS) is 14.9. The fourth-order valence-electron chi connectivity index (χ4n) is 1.000. The first kappa shape index (κ1) is 15.5. The third-order valence-electron chi connectivity index (χ3n) is 2.34. The molecule has 7 heteroatoms. The van der Waals surface area contributed by atoms with Crippen molar-refractivity contribution in [1.29, 1.82) is 0 Å². The molecule has 0 aliphatic carbocycles. The fourth-order valence-corrected chi connectivity index (χ4v) is 1.000. The number of rotatable bonds is 6. The van der Waals surface area contributed by atoms with Gasteiger partial charge in [-0.15, -0.1) is 0 Å². The molecule has 2 atom stereocenters. The van der Waals surface area contributed by atoms with Crippen LogP contribution in [-0.2, 0) is 14.4 Å². The number of aliphatic hydroxyl groups excluding tert-OH is 2. The van der Waals surface area contributed by atoms with E-state index in [0.29, 0.717) is 0 Å². The zero-order chi connectivity index (χ0) is 13.8. The Morgan fingerprint density at radius 3 is 2.06 bits per heavy atom. The van der Waals surface area contributed by atoms with Crippen LogP contribution in [0.25, 0.3) is 0 Å². The number of carbonyl (C=O) groups is 3. The van der Waals surface area contributed by atoms with Crippen LogP contribution in [0.4, 0.5) is 0 Å². The van der Waals surface area contributed by atoms with E-state index in [1.165, 1.54) is 13.8 Å². The number of carboxylic acids is 1. The van der Waals surface area contributed by atoms with Crippen LogP contribution in [0, 0.1) is 5.41 Å². The summed E-state index contributed by atoms with van der Waals surface area (Å²) >= 11 is 0. The number of carboxylic acid groups (broad SMARTS) is 1. The average molecular weight is 247 g/mol. The first-order valence-corrected chi connectivity index (χ1v) is 4.96. The van der Waals surface area contributed by atoms with Crippen LogP contribution in [0.2, 0.25) is 0 Å². The Morgan fingerprint density at radius 2 is 1.76 bits per heavy atom. The van der Waals surface area contributed by atoms with E-state index in [0.717, 1.165) is 6.92 Å². The SMILES string of the molecule is CC(=O)C(NC(=O)[C@H](O)C(C)(C)CO)C(=O)O. The van der Waals surface area contributed by atoms with Crippen molar-refractivity contribution in [3.63, 3.8) is 0 Å². The van der Waals surface area contributed by atoms with Crippen molar-refractivity contribution in [1.82, 2.24) is 5.32 Å². The maximum atomic E-state index is 11.5. The molecule has 0 aromatic heterocycles. The first-order chi connectivity index (χ1) is 7.63. The van der Waals surface area contributed by atoms with Crippen molar-refractivity contribution >= 4 is 17.7 Å². The van der Waals surface area contributed by atoms with Gasteiger partial charge in [-0.2, -0.15) is 0 Å². The van der Waals surface area contributed by atoms with Gasteiger partial charge in [0.25, 0.3) is 5.91 Å². The van der Waals surface area contributed by atoms with E-state index in [1.54, 1.807) is 0 Å². The third kappa shape index (κ3) is 4.12. The minimum atomic E-state index is -1.69. The lowest BCUT2D eigenvalue weighted by Crippen LogP contribution is -2.53. The zero-order valence-corrected chi connectivity index (χ0v) is 9.93. The highest BCUT2D eigenvalue weighted by Gasteiger charge is 2.35. The second-order valence-electron chi connectivity index (χ2n) is 4.44. The monoisotopic (exact) mass is 247 g/mol. The molecular formula is C10H17NO6. The molecule has 0 aliphatic rings. The summed E-state index contributed by atoms with van der Waals surface area (Å²) in [6, 6.07) is -1.69. The molecule has 0 aromatic rings. The molecule has 4 N–H and O–H groups in total. The highest BCUT2D eigenvalue weighted by atomic mass is 16.4. The Hall–Kier alpha value is -1.47. The first-order valence-electron chi connectivity index (χ1n) is 4.96. The quantitative estimate of drug-likeness (QED) is 0.424. The number of aliphatic carboxylic acids is 1. The van der Waals surface area contributed by atoms with E-state index in [1.807, 2.05) is 5.32 Å². The van der Waals surface area contributed by atoms with Gasteiger partial charge in [-0.25, -0.2) is 4.79 Å². The van der Waals surface area contributed by atoms with Gasteiger partial charge in [0.15, 0.2) is 11.8 Å². The minimum absolute atomic E-state index is 0.459. The fraction of sp³-hybridized carbons (Fsp3) is 0.700. The van der Waals surface area contributed by atoms with Crippen LogP contribution in [0.3, 0.4) is 0 Å². The third-order valence-corrected chi connectivity index (χ3v) is 2.34. The molecule has 0 fully saturated rings. The van der Waals surface area contributed by atoms with Gasteiger partial charge in [0, 0.05) is 5.41 Å². The highest BCUT2D eigenvalue weighted by molar-refractivity contribution is 6.04. The molecule has 1 unspecified atom stereocenters. The Morgan fingerprint density at radius 1 is 1.29 bits per heavy atom. The van der Waals surface area contributed by atoms with Gasteiger partial charge in [-0.05, 0) is 6.92 Å². The van der Waals surface area contributed by atoms with Crippen LogP contribution >= 0.6 is 0 Å². The largest absolute Gasteiger partial charge is 0.479 e. The van der Waals surface area contributed by atoms with Crippen LogP contribution in [0.1, 0.15) is 20.8 Å². The number of ketones is 1. The number of nitrogens with one attached hydrogen (secondary N) is 1. The second kappa shape index (κ2) is 5.74. The van der Waals surface area contributed by atoms with Gasteiger partial charge in [0.1, 0.15) is 6.10 Å². The number of hydrogen-bond donors (Lipinski definition) is 4. The number of carbonyl (C=O) groups excluding carboxylic acids is 2. The summed E-state index contributed by atoms with van der Waals surface area (Å²) in [5.74, 6) is -3.26. The minimum Gasteiger partial charge on any atom is -0.479 e. The molecule has 0 saturated carbocycles. The number of Topliss-reactive ketones (excluding diaryl/α,β-unsaturated/α-hetero) is 1. The smallest absolute Gasteiger partial charge is 0.334 e. The molecule has 0 aliphatic heterocycles. The highest BCUT2D eigenvalue weighted by Crippen LogP contribution is 2.19. The number of hydrogen-bond acceptors (Lipinski definition) is 5. The maximum Gasteiger partial charge on any atom is 0.334 e. The van der Waals surface area contributed by atoms with Crippen molar-refractivity contribution in [2.45, 2.75) is 32.9 Å². The van der Waals surface area contributed by atoms with E-state index in [4.69, 9.17) is 10.2 Å². The summed E-state index contributed by atoms with van der Waals surface area (Å²) in [6.45, 7) is 3.42. The summed E-state index contributed by atoms with van der Waals surface area (Å²) in [4.78, 5) is 33.1. The Kier molecular flexibility index (Phi) is 5.24. The van der Waals surface area contributed by atoms with Gasteiger partial charge in [-0.3, -0.25) is 9.59 Å². The Balaban J connectivity index is 4.74. The predicted molar refractivity (Wildman–Crippen MR) is 57.1 cm³/mol. The molecule has 98 valence electrons. The topological polar surface area (TPSA) is 124 Å². The lowest BCUT2D eigenvalue weighted by atomic mass is 9.87. The number of amides is 1. The summed E-state index contributed by atoms with van der Waals surface area (Å²) in [5.41, 5.74) is -1.12.